The zero-order chi connectivity index (χ0) is 12.8. The molecule has 1 fully saturated rings. The van der Waals surface area contributed by atoms with Gasteiger partial charge in [0.1, 0.15) is 6.04 Å². The summed E-state index contributed by atoms with van der Waals surface area (Å²) in [7, 11) is 0. The van der Waals surface area contributed by atoms with Crippen LogP contribution >= 0.6 is 0 Å². The van der Waals surface area contributed by atoms with Crippen LogP contribution in [-0.4, -0.2) is 52.6 Å². The number of aliphatic carboxylic acids is 1. The Morgan fingerprint density at radius 1 is 1.53 bits per heavy atom. The normalized spacial score (nSPS) is 24.6. The lowest BCUT2D eigenvalue weighted by atomic mass is 10.2. The van der Waals surface area contributed by atoms with E-state index in [0.717, 1.165) is 12.8 Å². The van der Waals surface area contributed by atoms with E-state index in [2.05, 4.69) is 5.43 Å². The lowest BCUT2D eigenvalue weighted by Gasteiger charge is -2.21. The number of unbranched alkanes of at least 4 members (excludes halogenated alkanes) is 1. The third-order valence-electron chi connectivity index (χ3n) is 2.53. The number of aliphatic hydroxyl groups is 1. The zero-order valence-electron chi connectivity index (χ0n) is 9.76. The minimum atomic E-state index is -1.07. The van der Waals surface area contributed by atoms with Crippen molar-refractivity contribution >= 4 is 12.1 Å². The Kier molecular flexibility index (Phi) is 5.17. The molecule has 0 aromatic rings. The summed E-state index contributed by atoms with van der Waals surface area (Å²) in [5.41, 5.74) is 2.33. The number of ether oxygens (including phenoxy) is 1. The number of β-amino-alcohol motifs (C(OH)–C–C–N with tert-alkyl or cyclic N) is 1. The molecule has 17 heavy (non-hydrogen) atoms. The van der Waals surface area contributed by atoms with Gasteiger partial charge in [0.25, 0.3) is 0 Å². The highest BCUT2D eigenvalue weighted by Crippen LogP contribution is 2.15. The van der Waals surface area contributed by atoms with E-state index in [9.17, 15) is 14.7 Å². The number of carbonyl (C=O) groups is 2. The van der Waals surface area contributed by atoms with Crippen LogP contribution in [0.4, 0.5) is 4.79 Å². The molecule has 0 spiro atoms. The molecular formula is C10H18N2O5. The van der Waals surface area contributed by atoms with E-state index in [4.69, 9.17) is 9.84 Å². The van der Waals surface area contributed by atoms with Crippen LogP contribution in [0.15, 0.2) is 0 Å². The molecule has 0 aromatic heterocycles. The molecule has 1 rings (SSSR count). The van der Waals surface area contributed by atoms with E-state index in [-0.39, 0.29) is 13.0 Å². The number of aliphatic hydroxyl groups excluding tert-OH is 1. The molecule has 1 aliphatic heterocycles. The van der Waals surface area contributed by atoms with Gasteiger partial charge in [0.15, 0.2) is 0 Å². The standard InChI is InChI=1S/C10H18N2O5/c1-2-3-4-17-10(16)11-12-6-7(13)5-8(12)9(14)15/h7-8,13H,2-6H2,1H3,(H,11,16)(H,14,15). The molecule has 98 valence electrons. The molecule has 3 N–H and O–H groups in total. The summed E-state index contributed by atoms with van der Waals surface area (Å²) >= 11 is 0. The number of carbonyl (C=O) groups excluding carboxylic acids is 1. The summed E-state index contributed by atoms with van der Waals surface area (Å²) in [4.78, 5) is 22.2. The maximum absolute atomic E-state index is 11.3. The number of nitrogens with one attached hydrogen (secondary N) is 1. The van der Waals surface area contributed by atoms with Crippen molar-refractivity contribution in [3.8, 4) is 0 Å². The van der Waals surface area contributed by atoms with E-state index in [1.54, 1.807) is 0 Å². The molecule has 0 aliphatic carbocycles. The molecule has 1 heterocycles. The summed E-state index contributed by atoms with van der Waals surface area (Å²) in [5.74, 6) is -1.07. The maximum atomic E-state index is 11.3. The van der Waals surface area contributed by atoms with Gasteiger partial charge in [-0.25, -0.2) is 9.80 Å². The monoisotopic (exact) mass is 246 g/mol. The highest BCUT2D eigenvalue weighted by atomic mass is 16.6. The Balaban J connectivity index is 2.38. The summed E-state index contributed by atoms with van der Waals surface area (Å²) in [5, 5.41) is 19.4. The van der Waals surface area contributed by atoms with Gasteiger partial charge in [-0.2, -0.15) is 0 Å². The second kappa shape index (κ2) is 6.41. The molecule has 1 amide bonds. The average Bonchev–Trinajstić information content (AvgIpc) is 2.60. The fourth-order valence-corrected chi connectivity index (χ4v) is 1.63. The van der Waals surface area contributed by atoms with Crippen molar-refractivity contribution in [1.82, 2.24) is 10.4 Å². The molecule has 0 bridgehead atoms. The van der Waals surface area contributed by atoms with Crippen molar-refractivity contribution in [2.45, 2.75) is 38.3 Å². The van der Waals surface area contributed by atoms with Crippen LogP contribution < -0.4 is 5.43 Å². The topological polar surface area (TPSA) is 99.1 Å². The second-order valence-electron chi connectivity index (χ2n) is 4.00. The number of nitrogens with zero attached hydrogens (tertiary/aromatic N) is 1. The largest absolute Gasteiger partial charge is 0.480 e. The van der Waals surface area contributed by atoms with Gasteiger partial charge < -0.3 is 14.9 Å². The van der Waals surface area contributed by atoms with Crippen LogP contribution in [-0.2, 0) is 9.53 Å². The quantitative estimate of drug-likeness (QED) is 0.588. The Morgan fingerprint density at radius 3 is 2.82 bits per heavy atom. The number of carboxylic acids is 1. The van der Waals surface area contributed by atoms with Crippen LogP contribution in [0.2, 0.25) is 0 Å². The van der Waals surface area contributed by atoms with Crippen LogP contribution in [0, 0.1) is 0 Å². The Bertz CT molecular complexity index is 284. The van der Waals surface area contributed by atoms with E-state index in [1.807, 2.05) is 6.92 Å². The van der Waals surface area contributed by atoms with Gasteiger partial charge in [-0.15, -0.1) is 0 Å². The Morgan fingerprint density at radius 2 is 2.24 bits per heavy atom. The van der Waals surface area contributed by atoms with Crippen molar-refractivity contribution in [3.63, 3.8) is 0 Å². The highest BCUT2D eigenvalue weighted by Gasteiger charge is 2.37. The molecule has 7 heteroatoms. The van der Waals surface area contributed by atoms with Crippen molar-refractivity contribution < 1.29 is 24.5 Å². The van der Waals surface area contributed by atoms with Gasteiger partial charge in [-0.3, -0.25) is 10.2 Å². The van der Waals surface area contributed by atoms with Crippen LogP contribution in [0.5, 0.6) is 0 Å². The first-order chi connectivity index (χ1) is 8.04. The molecule has 2 atom stereocenters. The minimum absolute atomic E-state index is 0.0971. The van der Waals surface area contributed by atoms with E-state index in [1.165, 1.54) is 5.01 Å². The molecule has 0 aromatic carbocycles. The minimum Gasteiger partial charge on any atom is -0.480 e. The second-order valence-corrected chi connectivity index (χ2v) is 4.00. The van der Waals surface area contributed by atoms with Crippen molar-refractivity contribution in [3.05, 3.63) is 0 Å². The predicted molar refractivity (Wildman–Crippen MR) is 58.1 cm³/mol. The lowest BCUT2D eigenvalue weighted by molar-refractivity contribution is -0.143. The average molecular weight is 246 g/mol. The molecule has 0 radical (unpaired) electrons. The molecule has 2 unspecified atom stereocenters. The van der Waals surface area contributed by atoms with Crippen molar-refractivity contribution in [2.24, 2.45) is 0 Å². The predicted octanol–water partition coefficient (Wildman–Crippen LogP) is -0.0525. The summed E-state index contributed by atoms with van der Waals surface area (Å²) < 4.78 is 4.84. The van der Waals surface area contributed by atoms with E-state index < -0.39 is 24.2 Å². The lowest BCUT2D eigenvalue weighted by Crippen LogP contribution is -2.48. The SMILES string of the molecule is CCCCOC(=O)NN1CC(O)CC1C(=O)O. The first-order valence-corrected chi connectivity index (χ1v) is 5.65. The number of hydrazine groups is 1. The highest BCUT2D eigenvalue weighted by molar-refractivity contribution is 5.75. The summed E-state index contributed by atoms with van der Waals surface area (Å²) in [6.45, 7) is 2.37. The first-order valence-electron chi connectivity index (χ1n) is 5.65. The number of rotatable bonds is 5. The number of hydrogen-bond acceptors (Lipinski definition) is 5. The molecular weight excluding hydrogens is 228 g/mol. The smallest absolute Gasteiger partial charge is 0.421 e. The molecule has 7 nitrogen and oxygen atoms in total. The molecule has 0 saturated carbocycles. The zero-order valence-corrected chi connectivity index (χ0v) is 9.76. The van der Waals surface area contributed by atoms with Gasteiger partial charge in [0.05, 0.1) is 12.7 Å². The van der Waals surface area contributed by atoms with E-state index >= 15 is 0 Å². The summed E-state index contributed by atoms with van der Waals surface area (Å²) in [6, 6.07) is -0.899. The third kappa shape index (κ3) is 4.20. The number of carboxylic acid groups (broad SMARTS) is 1. The summed E-state index contributed by atoms with van der Waals surface area (Å²) in [6.07, 6.45) is 0.349. The number of hydrogen-bond donors (Lipinski definition) is 3. The number of amides is 1. The van der Waals surface area contributed by atoms with Gasteiger partial charge in [0.2, 0.25) is 0 Å². The molecule has 1 saturated heterocycles. The Labute approximate surface area is 99.3 Å². The van der Waals surface area contributed by atoms with Crippen LogP contribution in [0.25, 0.3) is 0 Å². The van der Waals surface area contributed by atoms with Crippen molar-refractivity contribution in [1.29, 1.82) is 0 Å². The fourth-order valence-electron chi connectivity index (χ4n) is 1.63. The van der Waals surface area contributed by atoms with Gasteiger partial charge in [-0.1, -0.05) is 13.3 Å². The Hall–Kier alpha value is -1.34. The molecule has 1 aliphatic rings. The van der Waals surface area contributed by atoms with Crippen LogP contribution in [0.1, 0.15) is 26.2 Å². The maximum Gasteiger partial charge on any atom is 0.421 e. The van der Waals surface area contributed by atoms with Crippen molar-refractivity contribution in [2.75, 3.05) is 13.2 Å². The first kappa shape index (κ1) is 13.7. The van der Waals surface area contributed by atoms with Gasteiger partial charge >= 0.3 is 12.1 Å². The van der Waals surface area contributed by atoms with Crippen LogP contribution in [0.3, 0.4) is 0 Å². The van der Waals surface area contributed by atoms with Gasteiger partial charge in [0, 0.05) is 13.0 Å². The fraction of sp³-hybridized carbons (Fsp3) is 0.800. The third-order valence-corrected chi connectivity index (χ3v) is 2.53. The van der Waals surface area contributed by atoms with Gasteiger partial charge in [-0.05, 0) is 6.42 Å². The van der Waals surface area contributed by atoms with E-state index in [0.29, 0.717) is 6.61 Å².